The monoisotopic (exact) mass is 946 g/mol. The third-order valence-corrected chi connectivity index (χ3v) is 13.7. The van der Waals surface area contributed by atoms with Crippen molar-refractivity contribution in [2.75, 3.05) is 0 Å². The minimum Gasteiger partial charge on any atom is -0.192 e. The van der Waals surface area contributed by atoms with Gasteiger partial charge >= 0.3 is 0 Å². The van der Waals surface area contributed by atoms with Crippen molar-refractivity contribution in [1.29, 1.82) is 10.5 Å². The Labute approximate surface area is 436 Å². The van der Waals surface area contributed by atoms with Gasteiger partial charge in [-0.25, -0.2) is 0 Å². The molecule has 0 heterocycles. The van der Waals surface area contributed by atoms with E-state index in [-0.39, 0.29) is 0 Å². The maximum Gasteiger partial charge on any atom is 0.0998 e. The lowest BCUT2D eigenvalue weighted by atomic mass is 9.92. The molecule has 0 aromatic heterocycles. The molecule has 2 heteroatoms. The minimum atomic E-state index is 0.604. The molecule has 0 bridgehead atoms. The van der Waals surface area contributed by atoms with E-state index >= 15 is 0 Å². The van der Waals surface area contributed by atoms with Gasteiger partial charge in [-0.2, -0.15) is 10.5 Å². The zero-order chi connectivity index (χ0) is 51.0. The molecule has 0 unspecified atom stereocenters. The Hall–Kier alpha value is -9.60. The number of benzene rings is 10. The van der Waals surface area contributed by atoms with Crippen LogP contribution in [0, 0.1) is 50.4 Å². The SMILES string of the molecule is Cc1ccc(-c2cc(-c3ccc(C)cc3)cc(-c3ccc(/C(C#N)=C/c4ccc(/C=C/c5ccc(/C=C(\C#N)c6ccc(-c7cc(-c8ccc(C)cc8)cc(-c8ccc(C)cc8)c7)cc6)cc5)cc4)cc3)c2)cc1. The Morgan fingerprint density at radius 2 is 0.459 bits per heavy atom. The van der Waals surface area contributed by atoms with Crippen molar-refractivity contribution in [2.45, 2.75) is 27.7 Å². The second-order valence-corrected chi connectivity index (χ2v) is 19.2. The first-order chi connectivity index (χ1) is 36.1. The molecule has 0 saturated heterocycles. The first-order valence-corrected chi connectivity index (χ1v) is 25.0. The Morgan fingerprint density at radius 1 is 0.257 bits per heavy atom. The van der Waals surface area contributed by atoms with E-state index < -0.39 is 0 Å². The highest BCUT2D eigenvalue weighted by Gasteiger charge is 2.12. The lowest BCUT2D eigenvalue weighted by Gasteiger charge is -2.12. The summed E-state index contributed by atoms with van der Waals surface area (Å²) in [6, 6.07) is 86.2. The average molecular weight is 947 g/mol. The number of rotatable bonds is 12. The fourth-order valence-corrected chi connectivity index (χ4v) is 9.22. The van der Waals surface area contributed by atoms with Crippen molar-refractivity contribution in [3.63, 3.8) is 0 Å². The lowest BCUT2D eigenvalue weighted by Crippen LogP contribution is -1.88. The number of nitrogens with zero attached hydrogens (tertiary/aromatic N) is 2. The Balaban J connectivity index is 0.808. The maximum atomic E-state index is 10.3. The molecule has 0 saturated carbocycles. The summed E-state index contributed by atoms with van der Waals surface area (Å²) in [4.78, 5) is 0. The van der Waals surface area contributed by atoms with Crippen LogP contribution >= 0.6 is 0 Å². The summed E-state index contributed by atoms with van der Waals surface area (Å²) in [5.41, 5.74) is 25.7. The van der Waals surface area contributed by atoms with Crippen LogP contribution in [-0.2, 0) is 0 Å². The van der Waals surface area contributed by atoms with Crippen LogP contribution in [0.5, 0.6) is 0 Å². The van der Waals surface area contributed by atoms with E-state index in [1.165, 1.54) is 66.8 Å². The number of aryl methyl sites for hydroxylation is 4. The van der Waals surface area contributed by atoms with Gasteiger partial charge in [-0.15, -0.1) is 0 Å². The molecule has 0 radical (unpaired) electrons. The predicted molar refractivity (Wildman–Crippen MR) is 313 cm³/mol. The number of nitriles is 2. The molecule has 0 aliphatic carbocycles. The predicted octanol–water partition coefficient (Wildman–Crippen LogP) is 19.2. The normalized spacial score (nSPS) is 11.6. The van der Waals surface area contributed by atoms with Gasteiger partial charge in [0, 0.05) is 0 Å². The molecular formula is C72H54N2. The molecule has 10 aromatic rings. The van der Waals surface area contributed by atoms with Crippen LogP contribution in [0.25, 0.3) is 102 Å². The van der Waals surface area contributed by atoms with E-state index in [1.807, 2.05) is 60.7 Å². The molecule has 2 nitrogen and oxygen atoms in total. The Morgan fingerprint density at radius 3 is 0.676 bits per heavy atom. The van der Waals surface area contributed by atoms with Gasteiger partial charge < -0.3 is 0 Å². The zero-order valence-electron chi connectivity index (χ0n) is 42.1. The molecule has 0 aliphatic rings. The Kier molecular flexibility index (Phi) is 14.2. The average Bonchev–Trinajstić information content (AvgIpc) is 3.44. The van der Waals surface area contributed by atoms with Crippen molar-refractivity contribution >= 4 is 35.5 Å². The van der Waals surface area contributed by atoms with E-state index in [2.05, 4.69) is 234 Å². The third-order valence-electron chi connectivity index (χ3n) is 13.7. The summed E-state index contributed by atoms with van der Waals surface area (Å²) in [7, 11) is 0. The molecule has 0 atom stereocenters. The second-order valence-electron chi connectivity index (χ2n) is 19.2. The lowest BCUT2D eigenvalue weighted by molar-refractivity contribution is 1.46. The van der Waals surface area contributed by atoms with Gasteiger partial charge in [0.1, 0.15) is 0 Å². The minimum absolute atomic E-state index is 0.604. The van der Waals surface area contributed by atoms with E-state index in [0.29, 0.717) is 11.1 Å². The van der Waals surface area contributed by atoms with E-state index in [4.69, 9.17) is 0 Å². The first-order valence-electron chi connectivity index (χ1n) is 25.0. The van der Waals surface area contributed by atoms with Crippen molar-refractivity contribution < 1.29 is 0 Å². The molecule has 10 aromatic carbocycles. The van der Waals surface area contributed by atoms with Crippen LogP contribution < -0.4 is 0 Å². The molecule has 0 spiro atoms. The molecule has 0 amide bonds. The summed E-state index contributed by atoms with van der Waals surface area (Å²) < 4.78 is 0. The van der Waals surface area contributed by atoms with Crippen LogP contribution in [0.2, 0.25) is 0 Å². The first kappa shape index (κ1) is 48.0. The van der Waals surface area contributed by atoms with Gasteiger partial charge in [-0.1, -0.05) is 229 Å². The summed E-state index contributed by atoms with van der Waals surface area (Å²) in [6.45, 7) is 8.45. The van der Waals surface area contributed by atoms with Gasteiger partial charge in [-0.05, 0) is 176 Å². The number of hydrogen-bond donors (Lipinski definition) is 0. The molecule has 74 heavy (non-hydrogen) atoms. The summed E-state index contributed by atoms with van der Waals surface area (Å²) in [6.07, 6.45) is 8.06. The van der Waals surface area contributed by atoms with Gasteiger partial charge in [0.25, 0.3) is 0 Å². The molecular weight excluding hydrogens is 893 g/mol. The number of hydrogen-bond acceptors (Lipinski definition) is 2. The van der Waals surface area contributed by atoms with Crippen LogP contribution in [0.3, 0.4) is 0 Å². The third kappa shape index (κ3) is 11.4. The second kappa shape index (κ2) is 21.8. The molecule has 10 rings (SSSR count). The zero-order valence-corrected chi connectivity index (χ0v) is 42.1. The largest absolute Gasteiger partial charge is 0.192 e. The van der Waals surface area contributed by atoms with Crippen molar-refractivity contribution in [3.05, 3.63) is 286 Å². The Bertz CT molecular complexity index is 3400. The standard InChI is InChI=1S/C72H54N2/c1-49-5-23-57(24-6-49)65-41-66(58-25-7-50(2)8-26-58)44-69(43-65)61-31-35-63(36-32-61)71(47-73)39-55-19-15-53(16-20-55)13-14-54-17-21-56(22-18-54)40-72(48-74)64-37-33-62(34-38-64)70-45-67(59-27-9-51(3)10-28-59)42-68(46-70)60-29-11-52(4)12-30-60/h5-46H,1-4H3/b14-13+,71-39+,72-40+. The quantitative estimate of drug-likeness (QED) is 0.0905. The number of allylic oxidation sites excluding steroid dienone is 2. The van der Waals surface area contributed by atoms with Gasteiger partial charge in [-0.3, -0.25) is 0 Å². The van der Waals surface area contributed by atoms with Crippen LogP contribution in [0.1, 0.15) is 55.6 Å². The maximum absolute atomic E-state index is 10.3. The van der Waals surface area contributed by atoms with Gasteiger partial charge in [0.15, 0.2) is 0 Å². The van der Waals surface area contributed by atoms with Crippen LogP contribution in [0.4, 0.5) is 0 Å². The van der Waals surface area contributed by atoms with Gasteiger partial charge in [0.05, 0.1) is 23.3 Å². The van der Waals surface area contributed by atoms with Crippen molar-refractivity contribution in [2.24, 2.45) is 0 Å². The van der Waals surface area contributed by atoms with E-state index in [1.54, 1.807) is 0 Å². The molecule has 0 fully saturated rings. The fourth-order valence-electron chi connectivity index (χ4n) is 9.22. The van der Waals surface area contributed by atoms with Gasteiger partial charge in [0.2, 0.25) is 0 Å². The fraction of sp³-hybridized carbons (Fsp3) is 0.0556. The molecule has 0 aliphatic heterocycles. The van der Waals surface area contributed by atoms with E-state index in [9.17, 15) is 10.5 Å². The van der Waals surface area contributed by atoms with Crippen molar-refractivity contribution in [1.82, 2.24) is 0 Å². The summed E-state index contributed by atoms with van der Waals surface area (Å²) in [5, 5.41) is 20.6. The van der Waals surface area contributed by atoms with Crippen molar-refractivity contribution in [3.8, 4) is 78.9 Å². The highest BCUT2D eigenvalue weighted by Crippen LogP contribution is 2.36. The summed E-state index contributed by atoms with van der Waals surface area (Å²) in [5.74, 6) is 0. The van der Waals surface area contributed by atoms with Crippen LogP contribution in [-0.4, -0.2) is 0 Å². The van der Waals surface area contributed by atoms with E-state index in [0.717, 1.165) is 55.6 Å². The van der Waals surface area contributed by atoms with Crippen LogP contribution in [0.15, 0.2) is 231 Å². The highest BCUT2D eigenvalue weighted by atomic mass is 14.3. The smallest absolute Gasteiger partial charge is 0.0998 e. The molecule has 352 valence electrons. The summed E-state index contributed by atoms with van der Waals surface area (Å²) >= 11 is 0. The topological polar surface area (TPSA) is 47.6 Å². The molecule has 0 N–H and O–H groups in total. The highest BCUT2D eigenvalue weighted by molar-refractivity contribution is 5.92.